The van der Waals surface area contributed by atoms with Crippen LogP contribution in [0.15, 0.2) is 65.3 Å². The monoisotopic (exact) mass is 430 g/mol. The first kappa shape index (κ1) is 22.8. The Morgan fingerprint density at radius 1 is 1.09 bits per heavy atom. The Hall–Kier alpha value is -3.85. The summed E-state index contributed by atoms with van der Waals surface area (Å²) in [5.41, 5.74) is 2.43. The fraction of sp³-hybridized carbons (Fsp3) is 0.269. The smallest absolute Gasteiger partial charge is 0.271 e. The molecule has 0 bridgehead atoms. The third-order valence-corrected chi connectivity index (χ3v) is 5.54. The molecule has 0 radical (unpaired) electrons. The van der Waals surface area contributed by atoms with Crippen molar-refractivity contribution in [2.75, 3.05) is 7.11 Å². The van der Waals surface area contributed by atoms with Crippen LogP contribution >= 0.6 is 0 Å². The van der Waals surface area contributed by atoms with E-state index in [0.717, 1.165) is 5.56 Å². The van der Waals surface area contributed by atoms with Crippen molar-refractivity contribution in [2.24, 2.45) is 0 Å². The van der Waals surface area contributed by atoms with Crippen LogP contribution in [0.4, 0.5) is 0 Å². The summed E-state index contributed by atoms with van der Waals surface area (Å²) in [6.45, 7) is 5.72. The van der Waals surface area contributed by atoms with Crippen molar-refractivity contribution in [1.82, 2.24) is 4.90 Å². The van der Waals surface area contributed by atoms with Crippen molar-refractivity contribution >= 4 is 17.9 Å². The topological polar surface area (TPSA) is 79.6 Å². The lowest BCUT2D eigenvalue weighted by Crippen LogP contribution is -2.47. The maximum Gasteiger partial charge on any atom is 0.271 e. The molecule has 2 amide bonds. The number of nitrogens with zero attached hydrogens (tertiary/aromatic N) is 2. The number of hydrogen-bond acceptors (Lipinski definition) is 5. The Kier molecular flexibility index (Phi) is 7.11. The predicted octanol–water partition coefficient (Wildman–Crippen LogP) is 4.66. The van der Waals surface area contributed by atoms with E-state index in [1.165, 1.54) is 4.90 Å². The first-order chi connectivity index (χ1) is 15.4. The molecule has 1 aliphatic heterocycles. The van der Waals surface area contributed by atoms with Crippen molar-refractivity contribution in [2.45, 2.75) is 39.8 Å². The van der Waals surface area contributed by atoms with E-state index in [1.807, 2.05) is 49.4 Å². The molecular formula is C26H26N2O4. The van der Waals surface area contributed by atoms with Crippen molar-refractivity contribution in [3.05, 3.63) is 76.4 Å². The molecule has 164 valence electrons. The highest BCUT2D eigenvalue weighted by Gasteiger charge is 2.37. The van der Waals surface area contributed by atoms with Crippen LogP contribution in [0.2, 0.25) is 0 Å². The standard InChI is InChI=1S/C26H26N2O4/c1-5-17(2)28-25(29)21(18(3)22(15-27)26(28)30)13-20-11-12-23(24(14-20)31-4)32-16-19-9-7-6-8-10-19/h6-14,17H,5,16H2,1-4H3/b21-13+. The summed E-state index contributed by atoms with van der Waals surface area (Å²) < 4.78 is 11.4. The molecule has 0 saturated heterocycles. The average molecular weight is 431 g/mol. The Labute approximate surface area is 188 Å². The lowest BCUT2D eigenvalue weighted by molar-refractivity contribution is -0.142. The molecule has 6 nitrogen and oxygen atoms in total. The summed E-state index contributed by atoms with van der Waals surface area (Å²) >= 11 is 0. The molecule has 1 heterocycles. The molecule has 0 fully saturated rings. The highest BCUT2D eigenvalue weighted by molar-refractivity contribution is 6.19. The largest absolute Gasteiger partial charge is 0.493 e. The number of benzene rings is 2. The second-order valence-corrected chi connectivity index (χ2v) is 7.59. The van der Waals surface area contributed by atoms with Gasteiger partial charge in [0.15, 0.2) is 11.5 Å². The molecule has 0 saturated carbocycles. The van der Waals surface area contributed by atoms with Crippen molar-refractivity contribution in [1.29, 1.82) is 5.26 Å². The molecule has 6 heteroatoms. The zero-order chi connectivity index (χ0) is 23.3. The maximum absolute atomic E-state index is 13.1. The fourth-order valence-corrected chi connectivity index (χ4v) is 3.48. The second kappa shape index (κ2) is 9.97. The van der Waals surface area contributed by atoms with Gasteiger partial charge in [-0.1, -0.05) is 43.3 Å². The lowest BCUT2D eigenvalue weighted by Gasteiger charge is -2.31. The summed E-state index contributed by atoms with van der Waals surface area (Å²) in [5.74, 6) is 0.165. The van der Waals surface area contributed by atoms with Gasteiger partial charge in [-0.25, -0.2) is 0 Å². The Morgan fingerprint density at radius 3 is 2.44 bits per heavy atom. The van der Waals surface area contributed by atoms with E-state index in [-0.39, 0.29) is 11.6 Å². The Balaban J connectivity index is 1.95. The van der Waals surface area contributed by atoms with E-state index < -0.39 is 11.8 Å². The van der Waals surface area contributed by atoms with Crippen LogP contribution in [0, 0.1) is 11.3 Å². The van der Waals surface area contributed by atoms with Gasteiger partial charge in [0.2, 0.25) is 0 Å². The zero-order valence-corrected chi connectivity index (χ0v) is 18.7. The van der Waals surface area contributed by atoms with E-state index >= 15 is 0 Å². The van der Waals surface area contributed by atoms with Crippen LogP contribution in [-0.2, 0) is 16.2 Å². The van der Waals surface area contributed by atoms with Gasteiger partial charge in [0.05, 0.1) is 7.11 Å². The highest BCUT2D eigenvalue weighted by Crippen LogP contribution is 2.32. The van der Waals surface area contributed by atoms with Gasteiger partial charge in [-0.15, -0.1) is 0 Å². The first-order valence-electron chi connectivity index (χ1n) is 10.5. The third-order valence-electron chi connectivity index (χ3n) is 5.54. The number of ether oxygens (including phenoxy) is 2. The number of carbonyl (C=O) groups excluding carboxylic acids is 2. The summed E-state index contributed by atoms with van der Waals surface area (Å²) in [7, 11) is 1.55. The summed E-state index contributed by atoms with van der Waals surface area (Å²) in [6, 6.07) is 16.8. The van der Waals surface area contributed by atoms with Gasteiger partial charge in [0, 0.05) is 11.6 Å². The van der Waals surface area contributed by atoms with Crippen LogP contribution in [0.1, 0.15) is 38.3 Å². The molecule has 2 aromatic rings. The van der Waals surface area contributed by atoms with Crippen LogP contribution < -0.4 is 9.47 Å². The molecule has 0 aliphatic carbocycles. The molecule has 1 unspecified atom stereocenters. The molecule has 1 aliphatic rings. The van der Waals surface area contributed by atoms with E-state index in [4.69, 9.17) is 9.47 Å². The normalized spacial score (nSPS) is 16.2. The summed E-state index contributed by atoms with van der Waals surface area (Å²) in [4.78, 5) is 27.0. The van der Waals surface area contributed by atoms with E-state index in [2.05, 4.69) is 0 Å². The minimum atomic E-state index is -0.538. The summed E-state index contributed by atoms with van der Waals surface area (Å²) in [6.07, 6.45) is 2.28. The molecule has 3 rings (SSSR count). The maximum atomic E-state index is 13.1. The van der Waals surface area contributed by atoms with Gasteiger partial charge in [-0.05, 0) is 55.2 Å². The van der Waals surface area contributed by atoms with E-state index in [0.29, 0.717) is 41.2 Å². The average Bonchev–Trinajstić information content (AvgIpc) is 2.81. The van der Waals surface area contributed by atoms with Crippen LogP contribution in [0.5, 0.6) is 11.5 Å². The molecule has 0 N–H and O–H groups in total. The van der Waals surface area contributed by atoms with Crippen molar-refractivity contribution < 1.29 is 19.1 Å². The van der Waals surface area contributed by atoms with Crippen molar-refractivity contribution in [3.8, 4) is 17.6 Å². The Morgan fingerprint density at radius 2 is 1.81 bits per heavy atom. The number of rotatable bonds is 7. The number of amides is 2. The molecular weight excluding hydrogens is 404 g/mol. The fourth-order valence-electron chi connectivity index (χ4n) is 3.48. The van der Waals surface area contributed by atoms with Crippen LogP contribution in [0.25, 0.3) is 6.08 Å². The number of hydrogen-bond donors (Lipinski definition) is 0. The van der Waals surface area contributed by atoms with Gasteiger partial charge >= 0.3 is 0 Å². The first-order valence-corrected chi connectivity index (χ1v) is 10.5. The van der Waals surface area contributed by atoms with Gasteiger partial charge in [-0.2, -0.15) is 5.26 Å². The van der Waals surface area contributed by atoms with Crippen LogP contribution in [-0.4, -0.2) is 29.9 Å². The number of nitriles is 1. The zero-order valence-electron chi connectivity index (χ0n) is 18.7. The highest BCUT2D eigenvalue weighted by atomic mass is 16.5. The number of carbonyl (C=O) groups is 2. The molecule has 0 spiro atoms. The molecule has 2 aromatic carbocycles. The number of imide groups is 1. The minimum Gasteiger partial charge on any atom is -0.493 e. The van der Waals surface area contributed by atoms with E-state index in [1.54, 1.807) is 39.2 Å². The third kappa shape index (κ3) is 4.57. The van der Waals surface area contributed by atoms with Gasteiger partial charge < -0.3 is 9.47 Å². The van der Waals surface area contributed by atoms with Crippen molar-refractivity contribution in [3.63, 3.8) is 0 Å². The van der Waals surface area contributed by atoms with E-state index in [9.17, 15) is 14.9 Å². The van der Waals surface area contributed by atoms with Gasteiger partial charge in [0.1, 0.15) is 18.2 Å². The molecule has 0 aromatic heterocycles. The van der Waals surface area contributed by atoms with Crippen LogP contribution in [0.3, 0.4) is 0 Å². The second-order valence-electron chi connectivity index (χ2n) is 7.59. The predicted molar refractivity (Wildman–Crippen MR) is 122 cm³/mol. The van der Waals surface area contributed by atoms with Gasteiger partial charge in [-0.3, -0.25) is 14.5 Å². The molecule has 1 atom stereocenters. The number of methoxy groups -OCH3 is 1. The Bertz CT molecular complexity index is 1130. The quantitative estimate of drug-likeness (QED) is 0.471. The molecule has 32 heavy (non-hydrogen) atoms. The minimum absolute atomic E-state index is 0.00840. The summed E-state index contributed by atoms with van der Waals surface area (Å²) in [5, 5.41) is 9.52. The van der Waals surface area contributed by atoms with Gasteiger partial charge in [0.25, 0.3) is 11.8 Å². The SMILES string of the molecule is CCC(C)N1C(=O)C(C#N)=C(C)/C(=C\c2ccc(OCc3ccccc3)c(OC)c2)C1=O. The lowest BCUT2D eigenvalue weighted by atomic mass is 9.92.